The van der Waals surface area contributed by atoms with E-state index in [9.17, 15) is 9.90 Å². The molecular weight excluding hydrogens is 128 g/mol. The molecule has 2 heteroatoms. The molecule has 0 aromatic heterocycles. The molecule has 1 aliphatic carbocycles. The van der Waals surface area contributed by atoms with Crippen LogP contribution < -0.4 is 0 Å². The van der Waals surface area contributed by atoms with Crippen LogP contribution in [0.4, 0.5) is 0 Å². The van der Waals surface area contributed by atoms with E-state index in [4.69, 9.17) is 0 Å². The normalized spacial score (nSPS) is 34.1. The molecule has 0 aliphatic heterocycles. The van der Waals surface area contributed by atoms with Gasteiger partial charge in [-0.15, -0.1) is 6.58 Å². The number of hydrogen-bond donors (Lipinski definition) is 1. The minimum Gasteiger partial charge on any atom is -0.389 e. The maximum atomic E-state index is 10.3. The third-order valence-corrected chi connectivity index (χ3v) is 2.24. The van der Waals surface area contributed by atoms with E-state index in [2.05, 4.69) is 6.58 Å². The van der Waals surface area contributed by atoms with Crippen LogP contribution in [-0.4, -0.2) is 17.5 Å². The van der Waals surface area contributed by atoms with Gasteiger partial charge in [-0.2, -0.15) is 0 Å². The zero-order chi connectivity index (χ0) is 7.56. The molecule has 3 atom stereocenters. The zero-order valence-electron chi connectivity index (χ0n) is 5.86. The highest BCUT2D eigenvalue weighted by Crippen LogP contribution is 2.35. The molecule has 0 heterocycles. The van der Waals surface area contributed by atoms with Crippen LogP contribution in [0.25, 0.3) is 0 Å². The molecule has 1 saturated carbocycles. The molecule has 0 spiro atoms. The van der Waals surface area contributed by atoms with Crippen molar-refractivity contribution in [2.75, 3.05) is 0 Å². The van der Waals surface area contributed by atoms with Crippen LogP contribution in [0.3, 0.4) is 0 Å². The quantitative estimate of drug-likeness (QED) is 0.464. The summed E-state index contributed by atoms with van der Waals surface area (Å²) in [5.41, 5.74) is 0. The Bertz CT molecular complexity index is 132. The number of aldehydes is 1. The fourth-order valence-electron chi connectivity index (χ4n) is 1.32. The van der Waals surface area contributed by atoms with Gasteiger partial charge in [-0.05, 0) is 18.8 Å². The summed E-state index contributed by atoms with van der Waals surface area (Å²) >= 11 is 0. The topological polar surface area (TPSA) is 37.3 Å². The number of carbonyl (C=O) groups excluding carboxylic acids is 1. The maximum Gasteiger partial charge on any atom is 0.123 e. The molecule has 0 bridgehead atoms. The fraction of sp³-hybridized carbons (Fsp3) is 0.625. The van der Waals surface area contributed by atoms with Crippen molar-refractivity contribution in [3.63, 3.8) is 0 Å². The summed E-state index contributed by atoms with van der Waals surface area (Å²) in [5, 5.41) is 9.20. The van der Waals surface area contributed by atoms with Crippen molar-refractivity contribution in [3.05, 3.63) is 12.7 Å². The minimum atomic E-state index is -0.482. The van der Waals surface area contributed by atoms with Gasteiger partial charge in [-0.25, -0.2) is 0 Å². The highest BCUT2D eigenvalue weighted by Gasteiger charge is 2.34. The van der Waals surface area contributed by atoms with E-state index < -0.39 is 6.10 Å². The van der Waals surface area contributed by atoms with Gasteiger partial charge >= 0.3 is 0 Å². The largest absolute Gasteiger partial charge is 0.389 e. The molecule has 1 aliphatic rings. The lowest BCUT2D eigenvalue weighted by atomic mass is 9.71. The first kappa shape index (κ1) is 7.48. The van der Waals surface area contributed by atoms with Crippen molar-refractivity contribution in [1.29, 1.82) is 0 Å². The number of rotatable bonds is 3. The summed E-state index contributed by atoms with van der Waals surface area (Å²) in [5.74, 6) is 0.225. The molecule has 56 valence electrons. The number of aliphatic hydroxyl groups is 1. The first-order chi connectivity index (χ1) is 4.79. The van der Waals surface area contributed by atoms with Gasteiger partial charge in [0.05, 0.1) is 6.10 Å². The van der Waals surface area contributed by atoms with Crippen LogP contribution in [0, 0.1) is 11.8 Å². The van der Waals surface area contributed by atoms with Gasteiger partial charge in [0.2, 0.25) is 0 Å². The summed E-state index contributed by atoms with van der Waals surface area (Å²) < 4.78 is 0. The van der Waals surface area contributed by atoms with Gasteiger partial charge in [0.1, 0.15) is 6.29 Å². The molecule has 0 aromatic rings. The highest BCUT2D eigenvalue weighted by molar-refractivity contribution is 5.55. The average Bonchev–Trinajstić information content (AvgIpc) is 1.86. The van der Waals surface area contributed by atoms with Crippen molar-refractivity contribution in [3.8, 4) is 0 Å². The molecule has 1 N–H and O–H groups in total. The number of carbonyl (C=O) groups is 1. The smallest absolute Gasteiger partial charge is 0.123 e. The number of hydrogen-bond acceptors (Lipinski definition) is 2. The maximum absolute atomic E-state index is 10.3. The van der Waals surface area contributed by atoms with E-state index in [1.54, 1.807) is 0 Å². The molecule has 1 fully saturated rings. The van der Waals surface area contributed by atoms with E-state index in [-0.39, 0.29) is 11.8 Å². The van der Waals surface area contributed by atoms with Crippen LogP contribution in [0.5, 0.6) is 0 Å². The molecule has 10 heavy (non-hydrogen) atoms. The van der Waals surface area contributed by atoms with Gasteiger partial charge in [0.15, 0.2) is 0 Å². The van der Waals surface area contributed by atoms with Gasteiger partial charge < -0.3 is 9.90 Å². The lowest BCUT2D eigenvalue weighted by Crippen LogP contribution is -2.35. The van der Waals surface area contributed by atoms with Gasteiger partial charge in [-0.1, -0.05) is 6.08 Å². The van der Waals surface area contributed by atoms with Crippen molar-refractivity contribution in [1.82, 2.24) is 0 Å². The third kappa shape index (κ3) is 1.12. The Kier molecular flexibility index (Phi) is 2.22. The van der Waals surface area contributed by atoms with Crippen LogP contribution in [0.1, 0.15) is 12.8 Å². The molecule has 1 rings (SSSR count). The van der Waals surface area contributed by atoms with Crippen LogP contribution >= 0.6 is 0 Å². The molecular formula is C8H12O2. The summed E-state index contributed by atoms with van der Waals surface area (Å²) in [7, 11) is 0. The first-order valence-electron chi connectivity index (χ1n) is 3.55. The Morgan fingerprint density at radius 1 is 1.60 bits per heavy atom. The third-order valence-electron chi connectivity index (χ3n) is 2.24. The highest BCUT2D eigenvalue weighted by atomic mass is 16.3. The monoisotopic (exact) mass is 140 g/mol. The van der Waals surface area contributed by atoms with E-state index in [1.807, 2.05) is 0 Å². The summed E-state index contributed by atoms with van der Waals surface area (Å²) in [6, 6.07) is 0. The Balaban J connectivity index is 2.41. The number of aliphatic hydroxyl groups excluding tert-OH is 1. The second-order valence-electron chi connectivity index (χ2n) is 2.77. The molecule has 0 aromatic carbocycles. The van der Waals surface area contributed by atoms with E-state index in [1.165, 1.54) is 6.08 Å². The fourth-order valence-corrected chi connectivity index (χ4v) is 1.32. The summed E-state index contributed by atoms with van der Waals surface area (Å²) in [6.07, 6.45) is 3.83. The Labute approximate surface area is 60.6 Å². The molecule has 0 saturated heterocycles. The Morgan fingerprint density at radius 2 is 2.30 bits per heavy atom. The van der Waals surface area contributed by atoms with Gasteiger partial charge in [0.25, 0.3) is 0 Å². The zero-order valence-corrected chi connectivity index (χ0v) is 5.86. The van der Waals surface area contributed by atoms with Crippen molar-refractivity contribution in [2.24, 2.45) is 11.8 Å². The van der Waals surface area contributed by atoms with Crippen molar-refractivity contribution in [2.45, 2.75) is 18.9 Å². The van der Waals surface area contributed by atoms with E-state index in [0.717, 1.165) is 19.1 Å². The van der Waals surface area contributed by atoms with Crippen LogP contribution in [-0.2, 0) is 4.79 Å². The lowest BCUT2D eigenvalue weighted by molar-refractivity contribution is -0.117. The predicted octanol–water partition coefficient (Wildman–Crippen LogP) is 0.758. The average molecular weight is 140 g/mol. The second-order valence-corrected chi connectivity index (χ2v) is 2.77. The SMILES string of the molecule is C=CC(O)C1CC[C@H]1C=O. The van der Waals surface area contributed by atoms with Crippen LogP contribution in [0.15, 0.2) is 12.7 Å². The van der Waals surface area contributed by atoms with E-state index in [0.29, 0.717) is 0 Å². The Morgan fingerprint density at radius 3 is 2.60 bits per heavy atom. The lowest BCUT2D eigenvalue weighted by Gasteiger charge is -2.34. The van der Waals surface area contributed by atoms with Crippen molar-refractivity contribution >= 4 is 6.29 Å². The van der Waals surface area contributed by atoms with Crippen LogP contribution in [0.2, 0.25) is 0 Å². The van der Waals surface area contributed by atoms with Crippen molar-refractivity contribution < 1.29 is 9.90 Å². The minimum absolute atomic E-state index is 0.0769. The van der Waals surface area contributed by atoms with Gasteiger partial charge in [0, 0.05) is 5.92 Å². The standard InChI is InChI=1S/C8H12O2/c1-2-8(10)7-4-3-6(7)5-9/h2,5-8,10H,1,3-4H2/t6-,7?,8?/m0/s1. The second kappa shape index (κ2) is 2.97. The molecule has 0 amide bonds. The summed E-state index contributed by atoms with van der Waals surface area (Å²) in [4.78, 5) is 10.3. The van der Waals surface area contributed by atoms with Gasteiger partial charge in [-0.3, -0.25) is 0 Å². The first-order valence-corrected chi connectivity index (χ1v) is 3.55. The molecule has 2 unspecified atom stereocenters. The molecule has 2 nitrogen and oxygen atoms in total. The Hall–Kier alpha value is -0.630. The predicted molar refractivity (Wildman–Crippen MR) is 38.5 cm³/mol. The van der Waals surface area contributed by atoms with E-state index >= 15 is 0 Å². The molecule has 0 radical (unpaired) electrons. The summed E-state index contributed by atoms with van der Waals surface area (Å²) in [6.45, 7) is 3.47.